The molecule has 1 aliphatic heterocycles. The predicted octanol–water partition coefficient (Wildman–Crippen LogP) is 4.30. The number of nitrogens with zero attached hydrogens (tertiary/aromatic N) is 3. The summed E-state index contributed by atoms with van der Waals surface area (Å²) in [6.07, 6.45) is 3.09. The first-order chi connectivity index (χ1) is 12.9. The Morgan fingerprint density at radius 2 is 1.77 bits per heavy atom. The van der Waals surface area contributed by atoms with Gasteiger partial charge in [0.25, 0.3) is 0 Å². The number of hydrogen-bond donors (Lipinski definition) is 1. The van der Waals surface area contributed by atoms with Crippen molar-refractivity contribution in [1.82, 2.24) is 19.9 Å². The summed E-state index contributed by atoms with van der Waals surface area (Å²) in [5.41, 5.74) is 5.23. The van der Waals surface area contributed by atoms with Crippen molar-refractivity contribution in [1.29, 1.82) is 0 Å². The second-order valence-electron chi connectivity index (χ2n) is 6.75. The fourth-order valence-electron chi connectivity index (χ4n) is 3.77. The van der Waals surface area contributed by atoms with Crippen LogP contribution in [-0.2, 0) is 0 Å². The standard InChI is InChI=1S/C22H20N4/c1-2-7-17(8-3-1)21-22(26(15-24-21)18-12-13-23-14-18)20-11-10-16-6-4-5-9-19(16)25-20/h1-11,15,18,23H,12-14H2. The van der Waals surface area contributed by atoms with Crippen LogP contribution in [0.5, 0.6) is 0 Å². The molecule has 0 aliphatic carbocycles. The molecular weight excluding hydrogens is 320 g/mol. The zero-order valence-corrected chi connectivity index (χ0v) is 14.5. The zero-order chi connectivity index (χ0) is 17.3. The molecule has 26 heavy (non-hydrogen) atoms. The first-order valence-electron chi connectivity index (χ1n) is 9.09. The third kappa shape index (κ3) is 2.59. The monoisotopic (exact) mass is 340 g/mol. The molecule has 0 radical (unpaired) electrons. The van der Waals surface area contributed by atoms with Gasteiger partial charge in [0.05, 0.1) is 28.9 Å². The lowest BCUT2D eigenvalue weighted by Crippen LogP contribution is -2.13. The largest absolute Gasteiger partial charge is 0.324 e. The van der Waals surface area contributed by atoms with Gasteiger partial charge in [-0.2, -0.15) is 0 Å². The normalized spacial score (nSPS) is 17.0. The molecule has 2 aromatic carbocycles. The summed E-state index contributed by atoms with van der Waals surface area (Å²) >= 11 is 0. The number of para-hydroxylation sites is 1. The van der Waals surface area contributed by atoms with Gasteiger partial charge in [-0.25, -0.2) is 9.97 Å². The highest BCUT2D eigenvalue weighted by Gasteiger charge is 2.23. The predicted molar refractivity (Wildman–Crippen MR) is 105 cm³/mol. The van der Waals surface area contributed by atoms with Crippen molar-refractivity contribution < 1.29 is 0 Å². The number of benzene rings is 2. The van der Waals surface area contributed by atoms with Crippen molar-refractivity contribution in [3.05, 3.63) is 73.1 Å². The van der Waals surface area contributed by atoms with Gasteiger partial charge >= 0.3 is 0 Å². The number of hydrogen-bond acceptors (Lipinski definition) is 3. The van der Waals surface area contributed by atoms with Crippen LogP contribution in [0.1, 0.15) is 12.5 Å². The second kappa shape index (κ2) is 6.39. The van der Waals surface area contributed by atoms with Crippen LogP contribution >= 0.6 is 0 Å². The topological polar surface area (TPSA) is 42.7 Å². The lowest BCUT2D eigenvalue weighted by atomic mass is 10.1. The average molecular weight is 340 g/mol. The number of fused-ring (bicyclic) bond motifs is 1. The van der Waals surface area contributed by atoms with E-state index in [0.717, 1.165) is 53.1 Å². The van der Waals surface area contributed by atoms with Gasteiger partial charge in [-0.3, -0.25) is 0 Å². The second-order valence-corrected chi connectivity index (χ2v) is 6.75. The van der Waals surface area contributed by atoms with E-state index in [1.165, 1.54) is 0 Å². The first kappa shape index (κ1) is 15.3. The maximum Gasteiger partial charge on any atom is 0.0979 e. The minimum Gasteiger partial charge on any atom is -0.324 e. The molecule has 0 amide bonds. The van der Waals surface area contributed by atoms with Gasteiger partial charge in [0, 0.05) is 23.5 Å². The number of nitrogens with one attached hydrogen (secondary N) is 1. The summed E-state index contributed by atoms with van der Waals surface area (Å²) in [6, 6.07) is 23.3. The third-order valence-electron chi connectivity index (χ3n) is 5.11. The highest BCUT2D eigenvalue weighted by Crippen LogP contribution is 2.34. The van der Waals surface area contributed by atoms with Gasteiger partial charge in [0.15, 0.2) is 0 Å². The average Bonchev–Trinajstić information content (AvgIpc) is 3.38. The molecule has 2 aromatic heterocycles. The molecule has 0 saturated carbocycles. The van der Waals surface area contributed by atoms with Crippen LogP contribution in [0.15, 0.2) is 73.1 Å². The fourth-order valence-corrected chi connectivity index (χ4v) is 3.77. The molecule has 1 aliphatic rings. The summed E-state index contributed by atoms with van der Waals surface area (Å²) < 4.78 is 2.30. The van der Waals surface area contributed by atoms with Crippen LogP contribution in [0, 0.1) is 0 Å². The van der Waals surface area contributed by atoms with E-state index in [4.69, 9.17) is 9.97 Å². The smallest absolute Gasteiger partial charge is 0.0979 e. The van der Waals surface area contributed by atoms with Gasteiger partial charge < -0.3 is 9.88 Å². The first-order valence-corrected chi connectivity index (χ1v) is 9.09. The van der Waals surface area contributed by atoms with Gasteiger partial charge in [0.1, 0.15) is 0 Å². The fraction of sp³-hybridized carbons (Fsp3) is 0.182. The molecule has 4 nitrogen and oxygen atoms in total. The Bertz CT molecular complexity index is 1050. The Labute approximate surface area is 152 Å². The van der Waals surface area contributed by atoms with Gasteiger partial charge in [-0.15, -0.1) is 0 Å². The van der Waals surface area contributed by atoms with E-state index in [9.17, 15) is 0 Å². The van der Waals surface area contributed by atoms with Gasteiger partial charge in [0.2, 0.25) is 0 Å². The minimum absolute atomic E-state index is 0.420. The molecule has 1 fully saturated rings. The molecule has 3 heterocycles. The Balaban J connectivity index is 1.72. The number of rotatable bonds is 3. The van der Waals surface area contributed by atoms with E-state index in [-0.39, 0.29) is 0 Å². The van der Waals surface area contributed by atoms with Crippen LogP contribution in [-0.4, -0.2) is 27.6 Å². The Morgan fingerprint density at radius 1 is 0.923 bits per heavy atom. The molecule has 0 spiro atoms. The molecular formula is C22H20N4. The van der Waals surface area contributed by atoms with E-state index in [1.54, 1.807) is 0 Å². The van der Waals surface area contributed by atoms with E-state index >= 15 is 0 Å². The number of imidazole rings is 1. The van der Waals surface area contributed by atoms with Gasteiger partial charge in [-0.1, -0.05) is 54.6 Å². The molecule has 4 heteroatoms. The molecule has 4 aromatic rings. The summed E-state index contributed by atoms with van der Waals surface area (Å²) in [5, 5.41) is 4.62. The summed E-state index contributed by atoms with van der Waals surface area (Å²) in [6.45, 7) is 2.03. The van der Waals surface area contributed by atoms with Crippen LogP contribution in [0.2, 0.25) is 0 Å². The van der Waals surface area contributed by atoms with Crippen molar-refractivity contribution in [3.63, 3.8) is 0 Å². The molecule has 1 unspecified atom stereocenters. The highest BCUT2D eigenvalue weighted by molar-refractivity contribution is 5.84. The quantitative estimate of drug-likeness (QED) is 0.605. The molecule has 1 atom stereocenters. The molecule has 1 saturated heterocycles. The Hall–Kier alpha value is -2.98. The van der Waals surface area contributed by atoms with Crippen molar-refractivity contribution in [2.24, 2.45) is 0 Å². The molecule has 0 bridgehead atoms. The van der Waals surface area contributed by atoms with E-state index in [2.05, 4.69) is 58.4 Å². The van der Waals surface area contributed by atoms with Crippen LogP contribution in [0.3, 0.4) is 0 Å². The van der Waals surface area contributed by atoms with Crippen LogP contribution in [0.25, 0.3) is 33.5 Å². The molecule has 5 rings (SSSR count). The third-order valence-corrected chi connectivity index (χ3v) is 5.11. The summed E-state index contributed by atoms with van der Waals surface area (Å²) in [5.74, 6) is 0. The van der Waals surface area contributed by atoms with Crippen molar-refractivity contribution in [2.45, 2.75) is 12.5 Å². The van der Waals surface area contributed by atoms with Crippen LogP contribution in [0.4, 0.5) is 0 Å². The maximum absolute atomic E-state index is 4.95. The van der Waals surface area contributed by atoms with E-state index in [1.807, 2.05) is 24.5 Å². The van der Waals surface area contributed by atoms with Crippen molar-refractivity contribution in [3.8, 4) is 22.6 Å². The van der Waals surface area contributed by atoms with Crippen molar-refractivity contribution in [2.75, 3.05) is 13.1 Å². The highest BCUT2D eigenvalue weighted by atomic mass is 15.1. The lowest BCUT2D eigenvalue weighted by Gasteiger charge is -2.16. The molecule has 128 valence electrons. The van der Waals surface area contributed by atoms with E-state index in [0.29, 0.717) is 6.04 Å². The summed E-state index contributed by atoms with van der Waals surface area (Å²) in [7, 11) is 0. The number of pyridine rings is 1. The van der Waals surface area contributed by atoms with Gasteiger partial charge in [-0.05, 0) is 25.1 Å². The minimum atomic E-state index is 0.420. The Kier molecular flexibility index (Phi) is 3.76. The number of aromatic nitrogens is 3. The molecule has 1 N–H and O–H groups in total. The van der Waals surface area contributed by atoms with E-state index < -0.39 is 0 Å². The maximum atomic E-state index is 4.95. The van der Waals surface area contributed by atoms with Crippen molar-refractivity contribution >= 4 is 10.9 Å². The van der Waals surface area contributed by atoms with Crippen LogP contribution < -0.4 is 5.32 Å². The Morgan fingerprint density at radius 3 is 2.62 bits per heavy atom. The SMILES string of the molecule is c1ccc(-c2ncn(C3CCNC3)c2-c2ccc3ccccc3n2)cc1. The lowest BCUT2D eigenvalue weighted by molar-refractivity contribution is 0.551. The zero-order valence-electron chi connectivity index (χ0n) is 14.5. The summed E-state index contributed by atoms with van der Waals surface area (Å²) in [4.78, 5) is 9.74.